The van der Waals surface area contributed by atoms with Crippen molar-refractivity contribution in [3.63, 3.8) is 0 Å². The molecule has 0 unspecified atom stereocenters. The molecular formula is C64H78Cl2N4O12S2. The largest absolute Gasteiger partial charge is 0.490 e. The SMILES string of the molecule is CO[C@@H]1/C=C/[C@H](O)[C@@H]2CC[C@H]2CN2C[C@@]3(CCCc4cc(Cl)ccc43)COc3ccc(cc32)C(=O)NS(=O)(=O)[C@@H](C)C1.CO[C@@H]1/C=C/[C@H](O)[C@@H]2CC[C@H]2CN2C[C@@]3(CCCc4cc(Cl)ccc43)COc3ccc(cc32)C(=O)NS(=O)(=O)[C@H](C)C1. The number of ether oxygens (including phenoxy) is 4. The molecule has 4 aromatic rings. The van der Waals surface area contributed by atoms with Crippen LogP contribution >= 0.6 is 23.2 Å². The lowest BCUT2D eigenvalue weighted by Gasteiger charge is -2.45. The summed E-state index contributed by atoms with van der Waals surface area (Å²) in [6.07, 6.45) is 14.6. The van der Waals surface area contributed by atoms with Gasteiger partial charge in [-0.05, 0) is 197 Å². The molecule has 8 aliphatic rings. The molecule has 12 rings (SSSR count). The molecule has 0 saturated heterocycles. The van der Waals surface area contributed by atoms with Gasteiger partial charge in [-0.2, -0.15) is 0 Å². The van der Waals surface area contributed by atoms with Crippen molar-refractivity contribution in [2.75, 3.05) is 63.4 Å². The third-order valence-corrected chi connectivity index (χ3v) is 23.6. The number of nitrogens with one attached hydrogen (secondary N) is 2. The van der Waals surface area contributed by atoms with E-state index >= 15 is 0 Å². The summed E-state index contributed by atoms with van der Waals surface area (Å²) < 4.78 is 81.1. The number of rotatable bonds is 2. The van der Waals surface area contributed by atoms with Gasteiger partial charge in [-0.3, -0.25) is 9.59 Å². The third-order valence-electron chi connectivity index (χ3n) is 19.6. The molecule has 16 nitrogen and oxygen atoms in total. The van der Waals surface area contributed by atoms with Crippen molar-refractivity contribution in [1.82, 2.24) is 9.44 Å². The van der Waals surface area contributed by atoms with Crippen LogP contribution in [0.3, 0.4) is 0 Å². The Morgan fingerprint density at radius 3 is 1.38 bits per heavy atom. The zero-order chi connectivity index (χ0) is 59.3. The van der Waals surface area contributed by atoms with Gasteiger partial charge in [0.05, 0.1) is 59.5 Å². The molecule has 0 radical (unpaired) electrons. The summed E-state index contributed by atoms with van der Waals surface area (Å²) in [4.78, 5) is 31.2. The fourth-order valence-electron chi connectivity index (χ4n) is 14.4. The predicted molar refractivity (Wildman–Crippen MR) is 326 cm³/mol. The maximum atomic E-state index is 13.3. The smallest absolute Gasteiger partial charge is 0.264 e. The number of benzene rings is 4. The highest BCUT2D eigenvalue weighted by Gasteiger charge is 2.47. The summed E-state index contributed by atoms with van der Waals surface area (Å²) in [6, 6.07) is 22.6. The van der Waals surface area contributed by atoms with Gasteiger partial charge >= 0.3 is 0 Å². The first-order valence-electron chi connectivity index (χ1n) is 29.7. The quantitative estimate of drug-likeness (QED) is 0.138. The Labute approximate surface area is 504 Å². The number of carbonyl (C=O) groups excluding carboxylic acids is 2. The Balaban J connectivity index is 0.000000175. The molecule has 2 spiro atoms. The number of amides is 2. The van der Waals surface area contributed by atoms with Gasteiger partial charge < -0.3 is 39.0 Å². The molecule has 4 heterocycles. The predicted octanol–water partition coefficient (Wildman–Crippen LogP) is 9.25. The van der Waals surface area contributed by atoms with Crippen LogP contribution in [0.1, 0.15) is 121 Å². The lowest BCUT2D eigenvalue weighted by molar-refractivity contribution is 0.0442. The number of hydrogen-bond donors (Lipinski definition) is 4. The summed E-state index contributed by atoms with van der Waals surface area (Å²) in [6.45, 7) is 6.80. The molecule has 2 amide bonds. The number of nitrogens with zero attached hydrogens (tertiary/aromatic N) is 2. The number of anilines is 2. The van der Waals surface area contributed by atoms with Crippen LogP contribution in [0.4, 0.5) is 11.4 Å². The first kappa shape index (κ1) is 60.5. The van der Waals surface area contributed by atoms with Gasteiger partial charge in [-0.15, -0.1) is 0 Å². The molecule has 4 aromatic carbocycles. The molecule has 4 bridgehead atoms. The normalized spacial score (nSPS) is 33.3. The van der Waals surface area contributed by atoms with Crippen LogP contribution in [0.2, 0.25) is 10.0 Å². The number of aryl methyl sites for hydroxylation is 2. The third kappa shape index (κ3) is 12.4. The molecule has 0 aromatic heterocycles. The number of sulfonamides is 2. The van der Waals surface area contributed by atoms with Crippen LogP contribution in [0.15, 0.2) is 97.1 Å². The van der Waals surface area contributed by atoms with Crippen molar-refractivity contribution in [2.24, 2.45) is 23.7 Å². The highest BCUT2D eigenvalue weighted by molar-refractivity contribution is 7.91. The molecule has 452 valence electrons. The number of fused-ring (bicyclic) bond motifs is 8. The second-order valence-electron chi connectivity index (χ2n) is 24.9. The van der Waals surface area contributed by atoms with Crippen LogP contribution in [-0.2, 0) is 53.2 Å². The average molecular weight is 1230 g/mol. The van der Waals surface area contributed by atoms with Crippen LogP contribution in [0, 0.1) is 23.7 Å². The van der Waals surface area contributed by atoms with E-state index in [1.165, 1.54) is 36.5 Å². The summed E-state index contributed by atoms with van der Waals surface area (Å²) >= 11 is 12.8. The monoisotopic (exact) mass is 1230 g/mol. The molecule has 2 fully saturated rings. The van der Waals surface area contributed by atoms with Crippen LogP contribution < -0.4 is 28.7 Å². The van der Waals surface area contributed by atoms with Crippen LogP contribution in [-0.4, -0.2) is 127 Å². The van der Waals surface area contributed by atoms with Gasteiger partial charge in [-0.25, -0.2) is 26.3 Å². The van der Waals surface area contributed by atoms with E-state index in [2.05, 4.69) is 43.5 Å². The average Bonchev–Trinajstić information content (AvgIpc) is 3.32. The van der Waals surface area contributed by atoms with E-state index in [-0.39, 0.29) is 58.5 Å². The van der Waals surface area contributed by atoms with Crippen molar-refractivity contribution in [3.8, 4) is 11.5 Å². The van der Waals surface area contributed by atoms with Gasteiger partial charge in [0.15, 0.2) is 0 Å². The number of methoxy groups -OCH3 is 2. The number of halogens is 2. The molecule has 12 atom stereocenters. The van der Waals surface area contributed by atoms with Crippen molar-refractivity contribution >= 4 is 66.4 Å². The first-order valence-corrected chi connectivity index (χ1v) is 33.5. The Bertz CT molecular complexity index is 3210. The number of hydrogen-bond acceptors (Lipinski definition) is 14. The molecule has 4 aliphatic heterocycles. The van der Waals surface area contributed by atoms with Crippen molar-refractivity contribution in [2.45, 2.75) is 137 Å². The summed E-state index contributed by atoms with van der Waals surface area (Å²) in [7, 11) is -4.94. The highest BCUT2D eigenvalue weighted by Crippen LogP contribution is 2.49. The minimum absolute atomic E-state index is 0.0697. The van der Waals surface area contributed by atoms with Gasteiger partial charge in [0.2, 0.25) is 20.0 Å². The van der Waals surface area contributed by atoms with E-state index in [4.69, 9.17) is 42.1 Å². The molecular weight excluding hydrogens is 1150 g/mol. The van der Waals surface area contributed by atoms with Crippen LogP contribution in [0.25, 0.3) is 0 Å². The Hall–Kier alpha value is -5.18. The van der Waals surface area contributed by atoms with E-state index in [0.717, 1.165) is 85.6 Å². The lowest BCUT2D eigenvalue weighted by atomic mass is 9.68. The minimum atomic E-state index is -3.98. The molecule has 2 saturated carbocycles. The van der Waals surface area contributed by atoms with Gasteiger partial charge in [0.1, 0.15) is 11.5 Å². The number of aliphatic hydroxyl groups excluding tert-OH is 2. The fourth-order valence-corrected chi connectivity index (χ4v) is 16.8. The fraction of sp³-hybridized carbons (Fsp3) is 0.531. The maximum Gasteiger partial charge on any atom is 0.264 e. The van der Waals surface area contributed by atoms with Gasteiger partial charge in [0.25, 0.3) is 11.8 Å². The van der Waals surface area contributed by atoms with E-state index in [1.54, 1.807) is 74.5 Å². The lowest BCUT2D eigenvalue weighted by Crippen LogP contribution is -2.49. The molecule has 84 heavy (non-hydrogen) atoms. The van der Waals surface area contributed by atoms with Crippen molar-refractivity contribution in [3.05, 3.63) is 141 Å². The van der Waals surface area contributed by atoms with E-state index < -0.39 is 66.8 Å². The molecule has 4 N–H and O–H groups in total. The Morgan fingerprint density at radius 1 is 0.583 bits per heavy atom. The maximum absolute atomic E-state index is 13.3. The minimum Gasteiger partial charge on any atom is -0.490 e. The van der Waals surface area contributed by atoms with Crippen molar-refractivity contribution in [1.29, 1.82) is 0 Å². The summed E-state index contributed by atoms with van der Waals surface area (Å²) in [5.41, 5.74) is 6.48. The van der Waals surface area contributed by atoms with Gasteiger partial charge in [0, 0.05) is 72.4 Å². The van der Waals surface area contributed by atoms with E-state index in [0.29, 0.717) is 50.9 Å². The Kier molecular flexibility index (Phi) is 17.7. The van der Waals surface area contributed by atoms with E-state index in [9.17, 15) is 36.6 Å². The summed E-state index contributed by atoms with van der Waals surface area (Å²) in [5, 5.41) is 22.0. The van der Waals surface area contributed by atoms with Gasteiger partial charge in [-0.1, -0.05) is 59.6 Å². The second-order valence-corrected chi connectivity index (χ2v) is 30.0. The summed E-state index contributed by atoms with van der Waals surface area (Å²) in [5.74, 6) is 0.616. The van der Waals surface area contributed by atoms with Crippen LogP contribution in [0.5, 0.6) is 11.5 Å². The molecule has 20 heteroatoms. The number of carbonyl (C=O) groups is 2. The standard InChI is InChI=1S/2C32H39ClN2O6S/c2*1-20-14-25(40-2)8-11-29(36)26-9-5-23(26)17-35-18-32(13-3-4-21-15-24(33)7-10-27(21)32)19-41-30-12-6-22(16-28(30)35)31(37)34-42(20,38)39/h2*6-8,10-12,15-16,20,23,25-26,29,36H,3-5,9,13-14,17-19H2,1-2H3,(H,34,37)/b2*11-8+/t20-,23+,25-,26-,29+,32+;20-,23-,25+,26+,29-,32-/m10/s1. The number of aliphatic hydroxyl groups is 2. The second kappa shape index (κ2) is 24.5. The Morgan fingerprint density at radius 2 is 1.00 bits per heavy atom. The zero-order valence-electron chi connectivity index (χ0n) is 48.2. The van der Waals surface area contributed by atoms with Crippen molar-refractivity contribution < 1.29 is 55.6 Å². The van der Waals surface area contributed by atoms with E-state index in [1.807, 2.05) is 12.1 Å². The zero-order valence-corrected chi connectivity index (χ0v) is 51.3. The topological polar surface area (TPSA) is 210 Å². The highest BCUT2D eigenvalue weighted by atomic mass is 35.5. The molecule has 4 aliphatic carbocycles. The first-order chi connectivity index (χ1) is 40.2.